The predicted molar refractivity (Wildman–Crippen MR) is 68.4 cm³/mol. The number of carbonyl (C=O) groups is 1. The first-order valence-corrected chi connectivity index (χ1v) is 7.12. The molecular formula is C12H15NO4S. The van der Waals surface area contributed by atoms with Gasteiger partial charge in [-0.2, -0.15) is 0 Å². The highest BCUT2D eigenvalue weighted by Crippen LogP contribution is 2.26. The summed E-state index contributed by atoms with van der Waals surface area (Å²) >= 11 is 0. The fourth-order valence-electron chi connectivity index (χ4n) is 1.85. The first-order chi connectivity index (χ1) is 8.61. The number of nitrogens with zero attached hydrogens (tertiary/aromatic N) is 1. The van der Waals surface area contributed by atoms with E-state index in [4.69, 9.17) is 4.74 Å². The number of phenols is 1. The van der Waals surface area contributed by atoms with Gasteiger partial charge >= 0.3 is 0 Å². The van der Waals surface area contributed by atoms with E-state index in [1.807, 2.05) is 0 Å². The van der Waals surface area contributed by atoms with Gasteiger partial charge in [-0.3, -0.25) is 9.00 Å². The van der Waals surface area contributed by atoms with Crippen LogP contribution in [0.4, 0.5) is 0 Å². The van der Waals surface area contributed by atoms with Crippen LogP contribution in [-0.4, -0.2) is 51.8 Å². The summed E-state index contributed by atoms with van der Waals surface area (Å²) in [5.74, 6) is 1.18. The first kappa shape index (κ1) is 12.9. The zero-order chi connectivity index (χ0) is 13.1. The van der Waals surface area contributed by atoms with Gasteiger partial charge in [-0.25, -0.2) is 0 Å². The maximum absolute atomic E-state index is 12.1. The lowest BCUT2D eigenvalue weighted by molar-refractivity contribution is 0.0771. The second kappa shape index (κ2) is 5.39. The van der Waals surface area contributed by atoms with E-state index in [0.717, 1.165) is 0 Å². The molecule has 0 aliphatic carbocycles. The van der Waals surface area contributed by atoms with Crippen LogP contribution in [0.5, 0.6) is 11.5 Å². The summed E-state index contributed by atoms with van der Waals surface area (Å²) in [6.45, 7) is 0.996. The van der Waals surface area contributed by atoms with Gasteiger partial charge in [0.2, 0.25) is 0 Å². The van der Waals surface area contributed by atoms with Gasteiger partial charge < -0.3 is 14.7 Å². The van der Waals surface area contributed by atoms with Crippen molar-refractivity contribution in [1.82, 2.24) is 4.90 Å². The number of amides is 1. The molecule has 1 aliphatic heterocycles. The molecule has 1 heterocycles. The molecule has 0 saturated carbocycles. The molecule has 1 fully saturated rings. The van der Waals surface area contributed by atoms with Gasteiger partial charge in [0.1, 0.15) is 0 Å². The van der Waals surface area contributed by atoms with Crippen molar-refractivity contribution in [3.05, 3.63) is 23.8 Å². The number of benzene rings is 1. The summed E-state index contributed by atoms with van der Waals surface area (Å²) in [6.07, 6.45) is 0. The largest absolute Gasteiger partial charge is 0.504 e. The molecule has 98 valence electrons. The maximum Gasteiger partial charge on any atom is 0.254 e. The summed E-state index contributed by atoms with van der Waals surface area (Å²) in [6, 6.07) is 4.57. The monoisotopic (exact) mass is 269 g/mol. The van der Waals surface area contributed by atoms with Crippen molar-refractivity contribution in [2.24, 2.45) is 0 Å². The molecule has 5 nitrogen and oxygen atoms in total. The number of rotatable bonds is 2. The number of phenolic OH excluding ortho intramolecular Hbond substituents is 1. The van der Waals surface area contributed by atoms with Gasteiger partial charge in [0, 0.05) is 41.0 Å². The Kier molecular flexibility index (Phi) is 3.86. The zero-order valence-electron chi connectivity index (χ0n) is 10.1. The van der Waals surface area contributed by atoms with Crippen LogP contribution in [0.2, 0.25) is 0 Å². The number of hydrogen-bond acceptors (Lipinski definition) is 4. The Bertz CT molecular complexity index is 479. The van der Waals surface area contributed by atoms with Crippen LogP contribution in [-0.2, 0) is 10.8 Å². The normalized spacial score (nSPS) is 16.6. The molecule has 2 rings (SSSR count). The van der Waals surface area contributed by atoms with Crippen LogP contribution in [0.15, 0.2) is 18.2 Å². The number of aromatic hydroxyl groups is 1. The minimum atomic E-state index is -0.807. The molecule has 0 unspecified atom stereocenters. The number of carbonyl (C=O) groups excluding carboxylic acids is 1. The highest BCUT2D eigenvalue weighted by Gasteiger charge is 2.21. The molecular weight excluding hydrogens is 254 g/mol. The van der Waals surface area contributed by atoms with Gasteiger partial charge in [-0.05, 0) is 18.2 Å². The molecule has 0 atom stereocenters. The topological polar surface area (TPSA) is 66.8 Å². The van der Waals surface area contributed by atoms with Crippen molar-refractivity contribution in [1.29, 1.82) is 0 Å². The van der Waals surface area contributed by atoms with Gasteiger partial charge in [0.25, 0.3) is 5.91 Å². The molecule has 6 heteroatoms. The van der Waals surface area contributed by atoms with Crippen LogP contribution >= 0.6 is 0 Å². The Balaban J connectivity index is 2.13. The predicted octanol–water partition coefficient (Wildman–Crippen LogP) is 0.605. The van der Waals surface area contributed by atoms with Crippen LogP contribution in [0.25, 0.3) is 0 Å². The van der Waals surface area contributed by atoms with E-state index in [1.54, 1.807) is 17.0 Å². The van der Waals surface area contributed by atoms with Crippen LogP contribution < -0.4 is 4.74 Å². The Morgan fingerprint density at radius 2 is 2.06 bits per heavy atom. The minimum absolute atomic E-state index is 0.0519. The fourth-order valence-corrected chi connectivity index (χ4v) is 2.90. The zero-order valence-corrected chi connectivity index (χ0v) is 10.9. The van der Waals surface area contributed by atoms with E-state index in [9.17, 15) is 14.1 Å². The molecule has 1 aromatic rings. The SMILES string of the molecule is COc1ccc(C(=O)N2CCS(=O)CC2)cc1O. The quantitative estimate of drug-likeness (QED) is 0.854. The lowest BCUT2D eigenvalue weighted by Gasteiger charge is -2.26. The van der Waals surface area contributed by atoms with Gasteiger partial charge in [0.05, 0.1) is 7.11 Å². The Morgan fingerprint density at radius 1 is 1.39 bits per heavy atom. The molecule has 0 bridgehead atoms. The van der Waals surface area contributed by atoms with Crippen molar-refractivity contribution in [2.45, 2.75) is 0 Å². The Labute approximate surface area is 108 Å². The summed E-state index contributed by atoms with van der Waals surface area (Å²) in [5.41, 5.74) is 0.418. The number of methoxy groups -OCH3 is 1. The minimum Gasteiger partial charge on any atom is -0.504 e. The molecule has 1 aromatic carbocycles. The number of hydrogen-bond donors (Lipinski definition) is 1. The second-order valence-electron chi connectivity index (χ2n) is 4.03. The Morgan fingerprint density at radius 3 is 2.61 bits per heavy atom. The van der Waals surface area contributed by atoms with Gasteiger partial charge in [-0.15, -0.1) is 0 Å². The molecule has 1 saturated heterocycles. The summed E-state index contributed by atoms with van der Waals surface area (Å²) in [7, 11) is 0.648. The first-order valence-electron chi connectivity index (χ1n) is 5.63. The van der Waals surface area contributed by atoms with E-state index in [1.165, 1.54) is 13.2 Å². The summed E-state index contributed by atoms with van der Waals surface area (Å²) < 4.78 is 16.1. The molecule has 0 aromatic heterocycles. The molecule has 0 radical (unpaired) electrons. The molecule has 1 N–H and O–H groups in total. The smallest absolute Gasteiger partial charge is 0.254 e. The fraction of sp³-hybridized carbons (Fsp3) is 0.417. The van der Waals surface area contributed by atoms with E-state index in [-0.39, 0.29) is 11.7 Å². The van der Waals surface area contributed by atoms with E-state index in [0.29, 0.717) is 35.9 Å². The van der Waals surface area contributed by atoms with Gasteiger partial charge in [0.15, 0.2) is 11.5 Å². The summed E-state index contributed by atoms with van der Waals surface area (Å²) in [4.78, 5) is 13.8. The maximum atomic E-state index is 12.1. The molecule has 1 amide bonds. The van der Waals surface area contributed by atoms with Crippen molar-refractivity contribution in [2.75, 3.05) is 31.7 Å². The Hall–Kier alpha value is -1.56. The third kappa shape index (κ3) is 2.64. The lowest BCUT2D eigenvalue weighted by atomic mass is 10.1. The third-order valence-corrected chi connectivity index (χ3v) is 4.17. The lowest BCUT2D eigenvalue weighted by Crippen LogP contribution is -2.41. The van der Waals surface area contributed by atoms with E-state index < -0.39 is 10.8 Å². The third-order valence-electron chi connectivity index (χ3n) is 2.89. The van der Waals surface area contributed by atoms with Crippen LogP contribution in [0.3, 0.4) is 0 Å². The number of ether oxygens (including phenoxy) is 1. The molecule has 1 aliphatic rings. The standard InChI is InChI=1S/C12H15NO4S/c1-17-11-3-2-9(8-10(11)14)12(15)13-4-6-18(16)7-5-13/h2-3,8,14H,4-7H2,1H3. The van der Waals surface area contributed by atoms with Gasteiger partial charge in [-0.1, -0.05) is 0 Å². The second-order valence-corrected chi connectivity index (χ2v) is 5.72. The van der Waals surface area contributed by atoms with E-state index in [2.05, 4.69) is 0 Å². The molecule has 0 spiro atoms. The summed E-state index contributed by atoms with van der Waals surface area (Å²) in [5, 5.41) is 9.64. The average Bonchev–Trinajstić information content (AvgIpc) is 2.38. The van der Waals surface area contributed by atoms with Crippen molar-refractivity contribution in [3.63, 3.8) is 0 Å². The van der Waals surface area contributed by atoms with Crippen molar-refractivity contribution in [3.8, 4) is 11.5 Å². The van der Waals surface area contributed by atoms with Crippen LogP contribution in [0, 0.1) is 0 Å². The van der Waals surface area contributed by atoms with Crippen LogP contribution in [0.1, 0.15) is 10.4 Å². The van der Waals surface area contributed by atoms with Crippen molar-refractivity contribution >= 4 is 16.7 Å². The molecule has 18 heavy (non-hydrogen) atoms. The van der Waals surface area contributed by atoms with Crippen molar-refractivity contribution < 1.29 is 18.8 Å². The highest BCUT2D eigenvalue weighted by atomic mass is 32.2. The van der Waals surface area contributed by atoms with E-state index >= 15 is 0 Å². The highest BCUT2D eigenvalue weighted by molar-refractivity contribution is 7.85. The average molecular weight is 269 g/mol.